The van der Waals surface area contributed by atoms with E-state index in [1.54, 1.807) is 12.1 Å². The summed E-state index contributed by atoms with van der Waals surface area (Å²) in [6.45, 7) is 0. The minimum atomic E-state index is -0.263. The number of aliphatic hydroxyl groups excluding tert-OH is 1. The first-order chi connectivity index (χ1) is 9.17. The van der Waals surface area contributed by atoms with Crippen LogP contribution in [0, 0.1) is 0 Å². The van der Waals surface area contributed by atoms with Gasteiger partial charge in [-0.1, -0.05) is 12.1 Å². The number of carbonyl (C=O) groups is 1. The van der Waals surface area contributed by atoms with Crippen molar-refractivity contribution in [3.63, 3.8) is 0 Å². The predicted octanol–water partition coefficient (Wildman–Crippen LogP) is 2.95. The van der Waals surface area contributed by atoms with Gasteiger partial charge in [-0.25, -0.2) is 0 Å². The smallest absolute Gasteiger partial charge is 0.193 e. The molecule has 2 aromatic rings. The molecule has 0 radical (unpaired) electrons. The van der Waals surface area contributed by atoms with Gasteiger partial charge in [-0.2, -0.15) is 0 Å². The molecule has 0 aliphatic heterocycles. The van der Waals surface area contributed by atoms with Crippen LogP contribution in [0.1, 0.15) is 15.9 Å². The lowest BCUT2D eigenvalue weighted by atomic mass is 9.90. The van der Waals surface area contributed by atoms with Gasteiger partial charge in [0, 0.05) is 11.5 Å². The minimum absolute atomic E-state index is 0.0757. The second-order valence-electron chi connectivity index (χ2n) is 4.28. The van der Waals surface area contributed by atoms with Gasteiger partial charge in [0.15, 0.2) is 5.78 Å². The largest absolute Gasteiger partial charge is 0.507 e. The van der Waals surface area contributed by atoms with E-state index in [9.17, 15) is 9.90 Å². The molecule has 0 spiro atoms. The zero-order valence-corrected chi connectivity index (χ0v) is 10.6. The summed E-state index contributed by atoms with van der Waals surface area (Å²) in [4.78, 5) is 12.1. The molecular weight excluding hydrogens is 244 g/mol. The molecule has 1 N–H and O–H groups in total. The van der Waals surface area contributed by atoms with Gasteiger partial charge in [0.25, 0.3) is 0 Å². The van der Waals surface area contributed by atoms with Gasteiger partial charge in [-0.15, -0.1) is 0 Å². The van der Waals surface area contributed by atoms with Crippen LogP contribution in [-0.2, 0) is 0 Å². The third-order valence-electron chi connectivity index (χ3n) is 3.32. The number of methoxy groups -OCH3 is 2. The summed E-state index contributed by atoms with van der Waals surface area (Å²) >= 11 is 0. The van der Waals surface area contributed by atoms with Crippen LogP contribution in [0.25, 0.3) is 16.5 Å². The number of rotatable bonds is 2. The summed E-state index contributed by atoms with van der Waals surface area (Å²) in [6, 6.07) is 7.23. The number of hydrogen-bond donors (Lipinski definition) is 1. The highest BCUT2D eigenvalue weighted by atomic mass is 16.5. The Hall–Kier alpha value is -2.49. The highest BCUT2D eigenvalue weighted by Gasteiger charge is 2.26. The van der Waals surface area contributed by atoms with Crippen molar-refractivity contribution in [1.82, 2.24) is 0 Å². The average molecular weight is 256 g/mol. The molecule has 0 saturated carbocycles. The highest BCUT2D eigenvalue weighted by Crippen LogP contribution is 2.41. The van der Waals surface area contributed by atoms with Crippen LogP contribution in [0.2, 0.25) is 0 Å². The second kappa shape index (κ2) is 4.02. The maximum Gasteiger partial charge on any atom is 0.193 e. The Labute approximate surface area is 109 Å². The Bertz CT molecular complexity index is 723. The number of carbonyl (C=O) groups excluding carboxylic acids is 1. The van der Waals surface area contributed by atoms with Crippen LogP contribution in [0.15, 0.2) is 30.3 Å². The van der Waals surface area contributed by atoms with Crippen molar-refractivity contribution < 1.29 is 19.4 Å². The van der Waals surface area contributed by atoms with Crippen molar-refractivity contribution in [2.45, 2.75) is 0 Å². The maximum absolute atomic E-state index is 12.1. The third kappa shape index (κ3) is 1.50. The number of ether oxygens (including phenoxy) is 2. The molecule has 4 nitrogen and oxygen atoms in total. The van der Waals surface area contributed by atoms with Gasteiger partial charge < -0.3 is 14.6 Å². The molecule has 1 aliphatic carbocycles. The van der Waals surface area contributed by atoms with Gasteiger partial charge in [0.2, 0.25) is 0 Å². The molecule has 0 bridgehead atoms. The molecule has 0 unspecified atom stereocenters. The molecule has 2 aromatic carbocycles. The normalized spacial score (nSPS) is 13.4. The predicted molar refractivity (Wildman–Crippen MR) is 72.0 cm³/mol. The Morgan fingerprint density at radius 2 is 1.53 bits per heavy atom. The number of hydrogen-bond acceptors (Lipinski definition) is 4. The highest BCUT2D eigenvalue weighted by molar-refractivity contribution is 6.23. The van der Waals surface area contributed by atoms with E-state index in [-0.39, 0.29) is 11.5 Å². The van der Waals surface area contributed by atoms with E-state index in [0.717, 1.165) is 5.39 Å². The molecule has 96 valence electrons. The van der Waals surface area contributed by atoms with Gasteiger partial charge in [-0.3, -0.25) is 4.79 Å². The summed E-state index contributed by atoms with van der Waals surface area (Å²) in [7, 11) is 3.05. The van der Waals surface area contributed by atoms with E-state index in [1.165, 1.54) is 20.3 Å². The van der Waals surface area contributed by atoms with Crippen molar-refractivity contribution >= 4 is 22.3 Å². The summed E-state index contributed by atoms with van der Waals surface area (Å²) in [5.41, 5.74) is 1.00. The number of ketones is 1. The molecule has 0 fully saturated rings. The standard InChI is InChI=1S/C15H12O4/c1-18-11-5-3-8-4-6-12(19-2)15-10(17)7-9(16)14(11)13(8)15/h3-7,16H,1-2H3. The molecular formula is C15H12O4. The van der Waals surface area contributed by atoms with E-state index >= 15 is 0 Å². The lowest BCUT2D eigenvalue weighted by molar-refractivity contribution is 0.104. The Kier molecular flexibility index (Phi) is 2.45. The zero-order chi connectivity index (χ0) is 13.6. The zero-order valence-electron chi connectivity index (χ0n) is 10.6. The van der Waals surface area contributed by atoms with E-state index in [4.69, 9.17) is 9.47 Å². The van der Waals surface area contributed by atoms with E-state index in [1.807, 2.05) is 12.1 Å². The van der Waals surface area contributed by atoms with Gasteiger partial charge >= 0.3 is 0 Å². The van der Waals surface area contributed by atoms with Crippen molar-refractivity contribution in [2.24, 2.45) is 0 Å². The molecule has 0 saturated heterocycles. The molecule has 19 heavy (non-hydrogen) atoms. The Morgan fingerprint density at radius 1 is 0.947 bits per heavy atom. The van der Waals surface area contributed by atoms with Crippen molar-refractivity contribution in [2.75, 3.05) is 14.2 Å². The molecule has 0 amide bonds. The number of allylic oxidation sites excluding steroid dienone is 1. The van der Waals surface area contributed by atoms with Gasteiger partial charge in [0.05, 0.1) is 25.3 Å². The lowest BCUT2D eigenvalue weighted by Crippen LogP contribution is -2.08. The first kappa shape index (κ1) is 11.6. The second-order valence-corrected chi connectivity index (χ2v) is 4.28. The van der Waals surface area contributed by atoms with Crippen molar-refractivity contribution in [1.29, 1.82) is 0 Å². The number of aliphatic hydroxyl groups is 1. The molecule has 3 rings (SSSR count). The van der Waals surface area contributed by atoms with E-state index < -0.39 is 0 Å². The molecule has 0 atom stereocenters. The third-order valence-corrected chi connectivity index (χ3v) is 3.32. The quantitative estimate of drug-likeness (QED) is 0.897. The summed E-state index contributed by atoms with van der Waals surface area (Å²) in [5, 5.41) is 11.6. The molecule has 0 aromatic heterocycles. The van der Waals surface area contributed by atoms with Gasteiger partial charge in [-0.05, 0) is 17.5 Å². The van der Waals surface area contributed by atoms with Gasteiger partial charge in [0.1, 0.15) is 17.3 Å². The summed E-state index contributed by atoms with van der Waals surface area (Å²) in [6.07, 6.45) is 1.20. The van der Waals surface area contributed by atoms with Crippen LogP contribution >= 0.6 is 0 Å². The lowest BCUT2D eigenvalue weighted by Gasteiger charge is -2.19. The van der Waals surface area contributed by atoms with Crippen LogP contribution in [0.3, 0.4) is 0 Å². The summed E-state index contributed by atoms with van der Waals surface area (Å²) in [5.74, 6) is 0.688. The fourth-order valence-electron chi connectivity index (χ4n) is 2.49. The van der Waals surface area contributed by atoms with Crippen molar-refractivity contribution in [3.8, 4) is 11.5 Å². The van der Waals surface area contributed by atoms with Crippen LogP contribution in [0.4, 0.5) is 0 Å². The first-order valence-electron chi connectivity index (χ1n) is 5.80. The van der Waals surface area contributed by atoms with Crippen molar-refractivity contribution in [3.05, 3.63) is 41.5 Å². The topological polar surface area (TPSA) is 55.8 Å². The Morgan fingerprint density at radius 3 is 2.11 bits per heavy atom. The van der Waals surface area contributed by atoms with E-state index in [2.05, 4.69) is 0 Å². The maximum atomic E-state index is 12.1. The van der Waals surface area contributed by atoms with Crippen LogP contribution in [-0.4, -0.2) is 25.1 Å². The molecule has 0 heterocycles. The first-order valence-corrected chi connectivity index (χ1v) is 5.80. The SMILES string of the molecule is COc1ccc2ccc(OC)c3c2c1C(=O)C=C3O. The minimum Gasteiger partial charge on any atom is -0.507 e. The fourth-order valence-corrected chi connectivity index (χ4v) is 2.49. The molecule has 1 aliphatic rings. The van der Waals surface area contributed by atoms with Crippen LogP contribution in [0.5, 0.6) is 11.5 Å². The Balaban J connectivity index is 2.53. The monoisotopic (exact) mass is 256 g/mol. The summed E-state index contributed by atoms with van der Waals surface area (Å²) < 4.78 is 10.5. The fraction of sp³-hybridized carbons (Fsp3) is 0.133. The molecule has 4 heteroatoms. The number of benzene rings is 2. The van der Waals surface area contributed by atoms with Crippen LogP contribution < -0.4 is 9.47 Å². The van der Waals surface area contributed by atoms with E-state index in [0.29, 0.717) is 28.0 Å². The average Bonchev–Trinajstić information content (AvgIpc) is 2.43.